The van der Waals surface area contributed by atoms with E-state index in [0.29, 0.717) is 0 Å². The SMILES string of the molecule is C=Cc1ccc(/C=C/c2c3ccccc3cc3ccccc23)cc1. The van der Waals surface area contributed by atoms with E-state index in [1.807, 2.05) is 6.08 Å². The van der Waals surface area contributed by atoms with Gasteiger partial charge >= 0.3 is 0 Å². The van der Waals surface area contributed by atoms with Crippen molar-refractivity contribution in [3.8, 4) is 0 Å². The molecule has 24 heavy (non-hydrogen) atoms. The maximum atomic E-state index is 3.80. The van der Waals surface area contributed by atoms with Crippen LogP contribution in [0, 0.1) is 0 Å². The lowest BCUT2D eigenvalue weighted by atomic mass is 9.96. The molecule has 0 heterocycles. The van der Waals surface area contributed by atoms with Crippen molar-refractivity contribution in [2.75, 3.05) is 0 Å². The van der Waals surface area contributed by atoms with Gasteiger partial charge in [-0.2, -0.15) is 0 Å². The molecule has 0 unspecified atom stereocenters. The Labute approximate surface area is 142 Å². The van der Waals surface area contributed by atoms with Gasteiger partial charge in [0, 0.05) is 0 Å². The summed E-state index contributed by atoms with van der Waals surface area (Å²) in [6.45, 7) is 3.80. The molecule has 4 rings (SSSR count). The van der Waals surface area contributed by atoms with Crippen LogP contribution in [0.2, 0.25) is 0 Å². The van der Waals surface area contributed by atoms with Crippen LogP contribution in [-0.2, 0) is 0 Å². The van der Waals surface area contributed by atoms with Crippen LogP contribution in [0.25, 0.3) is 39.8 Å². The van der Waals surface area contributed by atoms with Crippen LogP contribution in [0.5, 0.6) is 0 Å². The molecule has 0 saturated carbocycles. The highest BCUT2D eigenvalue weighted by Crippen LogP contribution is 2.30. The molecule has 0 amide bonds. The van der Waals surface area contributed by atoms with Crippen LogP contribution < -0.4 is 0 Å². The third-order valence-corrected chi connectivity index (χ3v) is 4.43. The summed E-state index contributed by atoms with van der Waals surface area (Å²) < 4.78 is 0. The minimum Gasteiger partial charge on any atom is -0.0985 e. The minimum atomic E-state index is 1.14. The predicted molar refractivity (Wildman–Crippen MR) is 107 cm³/mol. The smallest absolute Gasteiger partial charge is 0.00992 e. The maximum Gasteiger partial charge on any atom is -0.00992 e. The molecule has 0 spiro atoms. The third-order valence-electron chi connectivity index (χ3n) is 4.43. The van der Waals surface area contributed by atoms with Gasteiger partial charge in [-0.3, -0.25) is 0 Å². The summed E-state index contributed by atoms with van der Waals surface area (Å²) in [7, 11) is 0. The van der Waals surface area contributed by atoms with Gasteiger partial charge in [-0.1, -0.05) is 97.6 Å². The summed E-state index contributed by atoms with van der Waals surface area (Å²) in [5.74, 6) is 0. The summed E-state index contributed by atoms with van der Waals surface area (Å²) in [5, 5.41) is 5.13. The van der Waals surface area contributed by atoms with Crippen LogP contribution >= 0.6 is 0 Å². The lowest BCUT2D eigenvalue weighted by Crippen LogP contribution is -1.83. The fourth-order valence-electron chi connectivity index (χ4n) is 3.15. The quantitative estimate of drug-likeness (QED) is 0.288. The molecule has 4 aromatic rings. The zero-order valence-electron chi connectivity index (χ0n) is 13.4. The number of benzene rings is 4. The molecule has 0 atom stereocenters. The van der Waals surface area contributed by atoms with Gasteiger partial charge in [0.05, 0.1) is 0 Å². The summed E-state index contributed by atoms with van der Waals surface area (Å²) in [6, 6.07) is 27.8. The Morgan fingerprint density at radius 2 is 1.12 bits per heavy atom. The van der Waals surface area contributed by atoms with E-state index in [1.165, 1.54) is 32.7 Å². The Balaban J connectivity index is 1.89. The standard InChI is InChI=1S/C24H18/c1-2-18-11-13-19(14-12-18)15-16-24-22-9-5-3-7-20(22)17-21-8-4-6-10-23(21)24/h2-17H,1H2/b16-15+. The summed E-state index contributed by atoms with van der Waals surface area (Å²) in [6.07, 6.45) is 6.28. The molecule has 0 bridgehead atoms. The zero-order valence-corrected chi connectivity index (χ0v) is 13.4. The van der Waals surface area contributed by atoms with Gasteiger partial charge in [0.25, 0.3) is 0 Å². The lowest BCUT2D eigenvalue weighted by Gasteiger charge is -2.08. The Morgan fingerprint density at radius 3 is 1.71 bits per heavy atom. The van der Waals surface area contributed by atoms with Crippen molar-refractivity contribution in [1.29, 1.82) is 0 Å². The van der Waals surface area contributed by atoms with E-state index in [9.17, 15) is 0 Å². The monoisotopic (exact) mass is 306 g/mol. The van der Waals surface area contributed by atoms with Gasteiger partial charge in [-0.05, 0) is 44.3 Å². The highest BCUT2D eigenvalue weighted by Gasteiger charge is 2.04. The molecule has 0 aromatic heterocycles. The predicted octanol–water partition coefficient (Wildman–Crippen LogP) is 6.81. The minimum absolute atomic E-state index is 1.14. The molecule has 0 fully saturated rings. The van der Waals surface area contributed by atoms with Crippen LogP contribution in [0.3, 0.4) is 0 Å². The van der Waals surface area contributed by atoms with Gasteiger partial charge < -0.3 is 0 Å². The van der Waals surface area contributed by atoms with Crippen molar-refractivity contribution >= 4 is 39.8 Å². The first-order chi connectivity index (χ1) is 11.8. The van der Waals surface area contributed by atoms with Crippen LogP contribution in [0.1, 0.15) is 16.7 Å². The Hall–Kier alpha value is -3.12. The molecule has 0 heteroatoms. The fourth-order valence-corrected chi connectivity index (χ4v) is 3.15. The largest absolute Gasteiger partial charge is 0.0985 e. The van der Waals surface area contributed by atoms with Crippen LogP contribution in [0.15, 0.2) is 85.4 Å². The van der Waals surface area contributed by atoms with E-state index < -0.39 is 0 Å². The van der Waals surface area contributed by atoms with Crippen molar-refractivity contribution < 1.29 is 0 Å². The molecular formula is C24H18. The van der Waals surface area contributed by atoms with Gasteiger partial charge in [-0.15, -0.1) is 0 Å². The first-order valence-corrected chi connectivity index (χ1v) is 8.16. The van der Waals surface area contributed by atoms with E-state index in [1.54, 1.807) is 0 Å². The number of fused-ring (bicyclic) bond motifs is 2. The van der Waals surface area contributed by atoms with E-state index in [2.05, 4.69) is 97.6 Å². The molecule has 4 aromatic carbocycles. The number of rotatable bonds is 3. The second-order valence-corrected chi connectivity index (χ2v) is 5.94. The highest BCUT2D eigenvalue weighted by atomic mass is 14.1. The Morgan fingerprint density at radius 1 is 0.583 bits per heavy atom. The summed E-state index contributed by atoms with van der Waals surface area (Å²) in [4.78, 5) is 0. The van der Waals surface area contributed by atoms with Crippen molar-refractivity contribution in [2.45, 2.75) is 0 Å². The highest BCUT2D eigenvalue weighted by molar-refractivity contribution is 6.07. The molecule has 0 radical (unpaired) electrons. The number of hydrogen-bond donors (Lipinski definition) is 0. The van der Waals surface area contributed by atoms with E-state index in [0.717, 1.165) is 5.56 Å². The second kappa shape index (κ2) is 6.17. The molecule has 0 N–H and O–H groups in total. The van der Waals surface area contributed by atoms with Crippen LogP contribution in [-0.4, -0.2) is 0 Å². The third kappa shape index (κ3) is 2.63. The fraction of sp³-hybridized carbons (Fsp3) is 0. The first kappa shape index (κ1) is 14.5. The van der Waals surface area contributed by atoms with E-state index in [-0.39, 0.29) is 0 Å². The van der Waals surface area contributed by atoms with Crippen LogP contribution in [0.4, 0.5) is 0 Å². The van der Waals surface area contributed by atoms with Crippen molar-refractivity contribution in [2.24, 2.45) is 0 Å². The molecular weight excluding hydrogens is 288 g/mol. The molecule has 0 nitrogen and oxygen atoms in total. The van der Waals surface area contributed by atoms with Crippen molar-refractivity contribution in [3.63, 3.8) is 0 Å². The first-order valence-electron chi connectivity index (χ1n) is 8.16. The van der Waals surface area contributed by atoms with Gasteiger partial charge in [0.15, 0.2) is 0 Å². The molecule has 0 aliphatic heterocycles. The molecule has 0 aliphatic rings. The van der Waals surface area contributed by atoms with Gasteiger partial charge in [0.2, 0.25) is 0 Å². The average Bonchev–Trinajstić information content (AvgIpc) is 2.65. The van der Waals surface area contributed by atoms with Crippen molar-refractivity contribution in [3.05, 3.63) is 102 Å². The zero-order chi connectivity index (χ0) is 16.4. The van der Waals surface area contributed by atoms with Crippen molar-refractivity contribution in [1.82, 2.24) is 0 Å². The Bertz CT molecular complexity index is 996. The van der Waals surface area contributed by atoms with E-state index >= 15 is 0 Å². The molecule has 0 saturated heterocycles. The lowest BCUT2D eigenvalue weighted by molar-refractivity contribution is 1.63. The Kier molecular flexibility index (Phi) is 3.72. The summed E-state index contributed by atoms with van der Waals surface area (Å²) >= 11 is 0. The molecule has 0 aliphatic carbocycles. The maximum absolute atomic E-state index is 3.80. The van der Waals surface area contributed by atoms with E-state index in [4.69, 9.17) is 0 Å². The number of hydrogen-bond acceptors (Lipinski definition) is 0. The molecule has 114 valence electrons. The second-order valence-electron chi connectivity index (χ2n) is 5.94. The topological polar surface area (TPSA) is 0 Å². The normalized spacial score (nSPS) is 11.3. The van der Waals surface area contributed by atoms with Gasteiger partial charge in [-0.25, -0.2) is 0 Å². The average molecular weight is 306 g/mol. The summed E-state index contributed by atoms with van der Waals surface area (Å²) in [5.41, 5.74) is 3.61. The van der Waals surface area contributed by atoms with Gasteiger partial charge in [0.1, 0.15) is 0 Å².